The number of ether oxygens (including phenoxy) is 2. The molecule has 0 saturated heterocycles. The van der Waals surface area contributed by atoms with E-state index >= 15 is 0 Å². The van der Waals surface area contributed by atoms with E-state index in [2.05, 4.69) is 15.4 Å². The highest BCUT2D eigenvalue weighted by atomic mass is 16.5. The number of carbonyl (C=O) groups excluding carboxylic acids is 2. The number of nitrogen functional groups attached to an aromatic ring is 1. The maximum Gasteiger partial charge on any atom is 0.343 e. The van der Waals surface area contributed by atoms with Crippen molar-refractivity contribution in [2.24, 2.45) is 0 Å². The van der Waals surface area contributed by atoms with E-state index in [1.165, 1.54) is 17.1 Å². The van der Waals surface area contributed by atoms with Crippen LogP contribution < -0.4 is 15.8 Å². The van der Waals surface area contributed by atoms with Crippen LogP contribution in [0.25, 0.3) is 5.82 Å². The van der Waals surface area contributed by atoms with Crippen molar-refractivity contribution in [3.63, 3.8) is 0 Å². The highest BCUT2D eigenvalue weighted by Crippen LogP contribution is 2.24. The molecule has 0 atom stereocenters. The van der Waals surface area contributed by atoms with Gasteiger partial charge in [-0.25, -0.2) is 9.78 Å². The molecule has 0 aliphatic carbocycles. The molecule has 9 heteroatoms. The number of nitrogens with zero attached hydrogens (tertiary/aromatic N) is 3. The Bertz CT molecular complexity index is 1010. The molecule has 2 aromatic heterocycles. The van der Waals surface area contributed by atoms with Crippen LogP contribution in [0.4, 0.5) is 11.5 Å². The van der Waals surface area contributed by atoms with Gasteiger partial charge in [-0.1, -0.05) is 12.1 Å². The van der Waals surface area contributed by atoms with Gasteiger partial charge in [-0.15, -0.1) is 0 Å². The number of anilines is 2. The quantitative estimate of drug-likeness (QED) is 0.590. The van der Waals surface area contributed by atoms with Crippen LogP contribution in [0, 0.1) is 0 Å². The largest absolute Gasteiger partial charge is 0.492 e. The minimum atomic E-state index is -0.555. The summed E-state index contributed by atoms with van der Waals surface area (Å²) in [7, 11) is 0. The van der Waals surface area contributed by atoms with E-state index in [-0.39, 0.29) is 23.9 Å². The van der Waals surface area contributed by atoms with Crippen molar-refractivity contribution >= 4 is 23.4 Å². The van der Waals surface area contributed by atoms with Crippen LogP contribution in [0.2, 0.25) is 0 Å². The Morgan fingerprint density at radius 3 is 2.59 bits per heavy atom. The maximum atomic E-state index is 12.5. The van der Waals surface area contributed by atoms with Crippen molar-refractivity contribution < 1.29 is 19.1 Å². The molecule has 1 amide bonds. The van der Waals surface area contributed by atoms with Gasteiger partial charge >= 0.3 is 5.97 Å². The monoisotopic (exact) mass is 395 g/mol. The Morgan fingerprint density at radius 1 is 1.10 bits per heavy atom. The van der Waals surface area contributed by atoms with Crippen LogP contribution in [-0.4, -0.2) is 39.9 Å². The lowest BCUT2D eigenvalue weighted by atomic mass is 10.2. The van der Waals surface area contributed by atoms with E-state index in [4.69, 9.17) is 15.2 Å². The fourth-order valence-electron chi connectivity index (χ4n) is 2.60. The summed E-state index contributed by atoms with van der Waals surface area (Å²) in [6.07, 6.45) is 2.72. The second-order valence-electron chi connectivity index (χ2n) is 5.86. The van der Waals surface area contributed by atoms with Crippen molar-refractivity contribution in [3.8, 4) is 11.6 Å². The number of rotatable bonds is 7. The number of nitrogens with one attached hydrogen (secondary N) is 1. The summed E-state index contributed by atoms with van der Waals surface area (Å²) in [6, 6.07) is 10.3. The summed E-state index contributed by atoms with van der Waals surface area (Å²) in [4.78, 5) is 28.6. The number of hydrogen-bond donors (Lipinski definition) is 2. The number of para-hydroxylation sites is 2. The zero-order valence-corrected chi connectivity index (χ0v) is 16.1. The summed E-state index contributed by atoms with van der Waals surface area (Å²) < 4.78 is 11.7. The average molecular weight is 395 g/mol. The van der Waals surface area contributed by atoms with Gasteiger partial charge in [-0.2, -0.15) is 9.78 Å². The fraction of sp³-hybridized carbons (Fsp3) is 0.200. The number of carbonyl (C=O) groups is 2. The highest BCUT2D eigenvalue weighted by molar-refractivity contribution is 6.04. The molecule has 0 aliphatic heterocycles. The topological polar surface area (TPSA) is 121 Å². The molecule has 0 aliphatic rings. The van der Waals surface area contributed by atoms with Crippen molar-refractivity contribution in [1.82, 2.24) is 14.8 Å². The smallest absolute Gasteiger partial charge is 0.343 e. The van der Waals surface area contributed by atoms with E-state index in [0.29, 0.717) is 29.4 Å². The third-order valence-corrected chi connectivity index (χ3v) is 3.96. The van der Waals surface area contributed by atoms with Crippen LogP contribution in [0.3, 0.4) is 0 Å². The van der Waals surface area contributed by atoms with E-state index in [1.54, 1.807) is 37.3 Å². The van der Waals surface area contributed by atoms with Gasteiger partial charge in [0.15, 0.2) is 5.82 Å². The zero-order valence-electron chi connectivity index (χ0n) is 16.1. The van der Waals surface area contributed by atoms with Crippen molar-refractivity contribution in [2.75, 3.05) is 24.3 Å². The Hall–Kier alpha value is -3.88. The number of aromatic nitrogens is 3. The number of pyridine rings is 1. The molecule has 0 bridgehead atoms. The predicted molar refractivity (Wildman–Crippen MR) is 107 cm³/mol. The summed E-state index contributed by atoms with van der Waals surface area (Å²) in [5.41, 5.74) is 7.05. The number of esters is 1. The third-order valence-electron chi connectivity index (χ3n) is 3.96. The maximum absolute atomic E-state index is 12.5. The average Bonchev–Trinajstić information content (AvgIpc) is 3.11. The Balaban J connectivity index is 1.77. The molecule has 3 rings (SSSR count). The summed E-state index contributed by atoms with van der Waals surface area (Å²) in [6.45, 7) is 4.30. The van der Waals surface area contributed by atoms with E-state index in [9.17, 15) is 9.59 Å². The fourth-order valence-corrected chi connectivity index (χ4v) is 2.60. The molecule has 150 valence electrons. The molecule has 2 heterocycles. The van der Waals surface area contributed by atoms with Crippen LogP contribution in [0.5, 0.6) is 5.75 Å². The van der Waals surface area contributed by atoms with Crippen LogP contribution in [-0.2, 0) is 4.74 Å². The lowest BCUT2D eigenvalue weighted by Crippen LogP contribution is -2.14. The first-order chi connectivity index (χ1) is 14.0. The minimum absolute atomic E-state index is 0.110. The van der Waals surface area contributed by atoms with Crippen molar-refractivity contribution in [2.45, 2.75) is 13.8 Å². The Labute approximate surface area is 167 Å². The van der Waals surface area contributed by atoms with Crippen LogP contribution >= 0.6 is 0 Å². The summed E-state index contributed by atoms with van der Waals surface area (Å²) in [5, 5.41) is 6.88. The Morgan fingerprint density at radius 2 is 1.90 bits per heavy atom. The summed E-state index contributed by atoms with van der Waals surface area (Å²) >= 11 is 0. The molecule has 0 spiro atoms. The molecule has 0 saturated carbocycles. The number of hydrogen-bond acceptors (Lipinski definition) is 7. The minimum Gasteiger partial charge on any atom is -0.492 e. The van der Waals surface area contributed by atoms with Gasteiger partial charge in [0.25, 0.3) is 5.91 Å². The number of benzene rings is 1. The second kappa shape index (κ2) is 8.87. The highest BCUT2D eigenvalue weighted by Gasteiger charge is 2.18. The Kier molecular flexibility index (Phi) is 6.08. The van der Waals surface area contributed by atoms with Gasteiger partial charge in [0, 0.05) is 6.20 Å². The van der Waals surface area contributed by atoms with Gasteiger partial charge < -0.3 is 20.5 Å². The number of amides is 1. The van der Waals surface area contributed by atoms with Gasteiger partial charge in [0.2, 0.25) is 0 Å². The second-order valence-corrected chi connectivity index (χ2v) is 5.86. The first kappa shape index (κ1) is 19.9. The van der Waals surface area contributed by atoms with E-state index < -0.39 is 5.97 Å². The first-order valence-electron chi connectivity index (χ1n) is 9.05. The normalized spacial score (nSPS) is 10.4. The molecular weight excluding hydrogens is 374 g/mol. The van der Waals surface area contributed by atoms with Gasteiger partial charge in [0.1, 0.15) is 17.1 Å². The molecule has 0 fully saturated rings. The molecule has 9 nitrogen and oxygen atoms in total. The van der Waals surface area contributed by atoms with Crippen molar-refractivity contribution in [1.29, 1.82) is 0 Å². The lowest BCUT2D eigenvalue weighted by Gasteiger charge is -2.11. The molecule has 29 heavy (non-hydrogen) atoms. The molecular formula is C20H21N5O4. The third kappa shape index (κ3) is 4.34. The molecule has 1 aromatic carbocycles. The number of nitrogens with two attached hydrogens (primary N) is 1. The van der Waals surface area contributed by atoms with E-state index in [0.717, 1.165) is 0 Å². The summed E-state index contributed by atoms with van der Waals surface area (Å²) in [5.74, 6) is 0.170. The van der Waals surface area contributed by atoms with Gasteiger partial charge in [0.05, 0.1) is 30.7 Å². The standard InChI is InChI=1S/C20H21N5O4/c1-3-28-16-8-6-5-7-15(16)24-19(26)13-9-10-17(22-11-13)25-18(21)14(12-23-25)20(27)29-4-2/h5-12H,3-4,21H2,1-2H3,(H,24,26). The zero-order chi connectivity index (χ0) is 20.8. The van der Waals surface area contributed by atoms with Gasteiger partial charge in [-0.3, -0.25) is 4.79 Å². The molecule has 0 radical (unpaired) electrons. The lowest BCUT2D eigenvalue weighted by molar-refractivity contribution is 0.0527. The van der Waals surface area contributed by atoms with Crippen LogP contribution in [0.15, 0.2) is 48.8 Å². The predicted octanol–water partition coefficient (Wildman–Crippen LogP) is 2.68. The first-order valence-corrected chi connectivity index (χ1v) is 9.05. The van der Waals surface area contributed by atoms with Gasteiger partial charge in [-0.05, 0) is 38.1 Å². The molecule has 3 aromatic rings. The molecule has 3 N–H and O–H groups in total. The molecule has 0 unspecified atom stereocenters. The SMILES string of the molecule is CCOC(=O)c1cnn(-c2ccc(C(=O)Nc3ccccc3OCC)cn2)c1N. The van der Waals surface area contributed by atoms with Crippen LogP contribution in [0.1, 0.15) is 34.6 Å². The van der Waals surface area contributed by atoms with Crippen molar-refractivity contribution in [3.05, 3.63) is 59.9 Å². The van der Waals surface area contributed by atoms with E-state index in [1.807, 2.05) is 13.0 Å².